The number of rotatable bonds is 33. The van der Waals surface area contributed by atoms with Gasteiger partial charge in [0.1, 0.15) is 23.3 Å². The van der Waals surface area contributed by atoms with E-state index in [0.29, 0.717) is 16.5 Å². The van der Waals surface area contributed by atoms with E-state index >= 15 is 0 Å². The van der Waals surface area contributed by atoms with Gasteiger partial charge in [0.25, 0.3) is 0 Å². The van der Waals surface area contributed by atoms with Crippen LogP contribution in [0.1, 0.15) is 197 Å². The lowest BCUT2D eigenvalue weighted by Gasteiger charge is -2.46. The molecule has 0 spiro atoms. The Balaban J connectivity index is 2.00. The summed E-state index contributed by atoms with van der Waals surface area (Å²) in [6, 6.07) is 10.2. The number of halogens is 9. The minimum atomic E-state index is -4.69. The summed E-state index contributed by atoms with van der Waals surface area (Å²) in [6.07, 6.45) is 9.60. The first kappa shape index (κ1) is 55.8. The number of nitrogens with zero attached hydrogens (tertiary/aromatic N) is 1. The van der Waals surface area contributed by atoms with Crippen LogP contribution in [0.4, 0.5) is 39.5 Å². The Morgan fingerprint density at radius 1 is 0.415 bits per heavy atom. The Kier molecular flexibility index (Phi) is 24.5. The minimum Gasteiger partial charge on any atom is -0.490 e. The second-order valence-corrected chi connectivity index (χ2v) is 17.6. The third kappa shape index (κ3) is 20.1. The van der Waals surface area contributed by atoms with Crippen molar-refractivity contribution in [3.63, 3.8) is 0 Å². The maximum atomic E-state index is 14.7. The van der Waals surface area contributed by atoms with Gasteiger partial charge in [-0.25, -0.2) is 0 Å². The maximum absolute atomic E-state index is 14.7. The smallest absolute Gasteiger partial charge is 0.490 e. The van der Waals surface area contributed by atoms with E-state index in [4.69, 9.17) is 14.0 Å². The second-order valence-electron chi connectivity index (χ2n) is 17.6. The van der Waals surface area contributed by atoms with Crippen LogP contribution in [0.5, 0.6) is 17.2 Å². The van der Waals surface area contributed by atoms with Crippen LogP contribution in [0, 0.1) is 0 Å². The van der Waals surface area contributed by atoms with E-state index in [1.807, 2.05) is 0 Å². The Hall–Kier alpha value is -3.55. The molecule has 0 bridgehead atoms. The first-order chi connectivity index (χ1) is 31.0. The summed E-state index contributed by atoms with van der Waals surface area (Å²) < 4.78 is 144. The quantitative estimate of drug-likeness (QED) is 0.0264. The van der Waals surface area contributed by atoms with Gasteiger partial charge >= 0.3 is 25.9 Å². The summed E-state index contributed by atoms with van der Waals surface area (Å²) in [5.41, 5.74) is -2.44. The Labute approximate surface area is 383 Å². The summed E-state index contributed by atoms with van der Waals surface area (Å²) in [5, 5.41) is 0. The van der Waals surface area contributed by atoms with Crippen LogP contribution in [-0.4, -0.2) is 31.4 Å². The molecule has 0 amide bonds. The van der Waals surface area contributed by atoms with Gasteiger partial charge in [0, 0.05) is 6.42 Å². The molecule has 65 heavy (non-hydrogen) atoms. The minimum absolute atomic E-state index is 0.0276. The predicted molar refractivity (Wildman–Crippen MR) is 244 cm³/mol. The Morgan fingerprint density at radius 3 is 1.11 bits per heavy atom. The average Bonchev–Trinajstić information content (AvgIpc) is 3.26. The van der Waals surface area contributed by atoms with Crippen molar-refractivity contribution in [1.82, 2.24) is 0 Å². The zero-order valence-corrected chi connectivity index (χ0v) is 39.3. The number of alkyl halides is 9. The zero-order chi connectivity index (χ0) is 47.8. The van der Waals surface area contributed by atoms with Crippen LogP contribution in [-0.2, 0) is 18.5 Å². The fraction of sp³-hybridized carbons (Fsp3) is 0.647. The molecule has 0 saturated heterocycles. The van der Waals surface area contributed by atoms with Crippen LogP contribution >= 0.6 is 0 Å². The van der Waals surface area contributed by atoms with Gasteiger partial charge in [0.05, 0.1) is 41.9 Å². The summed E-state index contributed by atoms with van der Waals surface area (Å²) in [7, 11) is -1.82. The van der Waals surface area contributed by atoms with Crippen LogP contribution in [0.3, 0.4) is 0 Å². The molecule has 0 fully saturated rings. The van der Waals surface area contributed by atoms with Crippen molar-refractivity contribution in [2.24, 2.45) is 0 Å². The summed E-state index contributed by atoms with van der Waals surface area (Å²) in [5.74, 6) is -0.229. The highest BCUT2D eigenvalue weighted by Crippen LogP contribution is 2.43. The highest BCUT2D eigenvalue weighted by molar-refractivity contribution is 6.39. The molecule has 0 aliphatic rings. The fourth-order valence-corrected chi connectivity index (χ4v) is 8.59. The van der Waals surface area contributed by atoms with Gasteiger partial charge < -0.3 is 18.4 Å². The van der Waals surface area contributed by atoms with Crippen molar-refractivity contribution in [2.45, 2.75) is 194 Å². The van der Waals surface area contributed by atoms with Crippen LogP contribution < -0.4 is 14.0 Å². The van der Waals surface area contributed by atoms with Gasteiger partial charge in [-0.05, 0) is 92.4 Å². The largest absolute Gasteiger partial charge is 0.864 e. The summed E-state index contributed by atoms with van der Waals surface area (Å²) >= 11 is 0. The van der Waals surface area contributed by atoms with Crippen molar-refractivity contribution in [1.29, 1.82) is 0 Å². The molecule has 0 saturated carbocycles. The number of quaternary nitrogens is 1. The molecular weight excluding hydrogens is 856 g/mol. The van der Waals surface area contributed by atoms with Crippen molar-refractivity contribution < 1.29 is 58.0 Å². The van der Waals surface area contributed by atoms with Gasteiger partial charge in [-0.3, -0.25) is 0 Å². The summed E-state index contributed by atoms with van der Waals surface area (Å²) in [4.78, 5) is 0. The van der Waals surface area contributed by atoms with Gasteiger partial charge in [0.15, 0.2) is 0 Å². The molecule has 0 radical (unpaired) electrons. The third-order valence-electron chi connectivity index (χ3n) is 12.4. The number of hydrogen-bond donors (Lipinski definition) is 0. The third-order valence-corrected chi connectivity index (χ3v) is 12.4. The van der Waals surface area contributed by atoms with Crippen molar-refractivity contribution in [3.8, 4) is 17.2 Å². The molecule has 366 valence electrons. The van der Waals surface area contributed by atoms with Crippen LogP contribution in [0.2, 0.25) is 0 Å². The standard InChI is InChI=1S/C51H74BF9NO3/c1-5-9-13-14-15-16-17-18-19-20-21-22-23-24-25-26-47(62(37-10-6-2,38-11-7-3)39-12-8-4)46-40-43(51(59,60)61)31-36-48(46)65-52(63-44-32-27-41(28-33-44)49(53,54)55)64-45-34-29-42(30-35-45)50(56,57)58/h27-36,40,47H,5-26,37-39H2,1-4H3/q+1. The van der Waals surface area contributed by atoms with Crippen molar-refractivity contribution in [2.75, 3.05) is 19.6 Å². The number of hydrogen-bond acceptors (Lipinski definition) is 3. The first-order valence-corrected chi connectivity index (χ1v) is 24.4. The highest BCUT2D eigenvalue weighted by Gasteiger charge is 2.42. The Bertz CT molecular complexity index is 1630. The monoisotopic (exact) mass is 931 g/mol. The van der Waals surface area contributed by atoms with Gasteiger partial charge in [0.2, 0.25) is 0 Å². The second kappa shape index (κ2) is 28.6. The molecule has 0 aliphatic heterocycles. The van der Waals surface area contributed by atoms with E-state index < -0.39 is 48.6 Å². The average molecular weight is 931 g/mol. The molecule has 0 aliphatic carbocycles. The van der Waals surface area contributed by atoms with E-state index in [9.17, 15) is 39.5 Å². The van der Waals surface area contributed by atoms with Gasteiger partial charge in [-0.1, -0.05) is 137 Å². The highest BCUT2D eigenvalue weighted by atomic mass is 19.4. The topological polar surface area (TPSA) is 27.7 Å². The predicted octanol–water partition coefficient (Wildman–Crippen LogP) is 17.8. The summed E-state index contributed by atoms with van der Waals surface area (Å²) in [6.45, 7) is 10.7. The fourth-order valence-electron chi connectivity index (χ4n) is 8.59. The van der Waals surface area contributed by atoms with Crippen molar-refractivity contribution in [3.05, 3.63) is 89.0 Å². The first-order valence-electron chi connectivity index (χ1n) is 24.4. The van der Waals surface area contributed by atoms with Crippen LogP contribution in [0.25, 0.3) is 0 Å². The molecule has 14 heteroatoms. The van der Waals surface area contributed by atoms with E-state index in [0.717, 1.165) is 151 Å². The molecule has 1 unspecified atom stereocenters. The molecular formula is C51H74BF9NO3+. The van der Waals surface area contributed by atoms with Crippen molar-refractivity contribution >= 4 is 7.32 Å². The molecule has 1 atom stereocenters. The maximum Gasteiger partial charge on any atom is 0.864 e. The van der Waals surface area contributed by atoms with Crippen LogP contribution in [0.15, 0.2) is 66.7 Å². The Morgan fingerprint density at radius 2 is 0.754 bits per heavy atom. The zero-order valence-electron chi connectivity index (χ0n) is 39.3. The normalized spacial score (nSPS) is 12.9. The lowest BCUT2D eigenvalue weighted by molar-refractivity contribution is -0.958. The molecule has 0 aromatic heterocycles. The lowest BCUT2D eigenvalue weighted by atomic mass is 9.91. The molecule has 0 heterocycles. The lowest BCUT2D eigenvalue weighted by Crippen LogP contribution is -2.53. The number of benzene rings is 3. The molecule has 4 nitrogen and oxygen atoms in total. The van der Waals surface area contributed by atoms with E-state index in [1.165, 1.54) is 70.3 Å². The molecule has 3 rings (SSSR count). The van der Waals surface area contributed by atoms with Gasteiger partial charge in [-0.2, -0.15) is 39.5 Å². The molecule has 3 aromatic carbocycles. The number of unbranched alkanes of at least 4 members (excludes halogenated alkanes) is 17. The van der Waals surface area contributed by atoms with Gasteiger partial charge in [-0.15, -0.1) is 0 Å². The van der Waals surface area contributed by atoms with E-state index in [2.05, 4.69) is 27.7 Å². The molecule has 3 aromatic rings. The SMILES string of the molecule is CCCCCCCCCCCCCCCCCC(c1cc(C(F)(F)F)ccc1OB(Oc1ccc(C(F)(F)F)cc1)Oc1ccc(C(F)(F)F)cc1)[N+](CCCC)(CCCC)CCCC. The molecule has 0 N–H and O–H groups in total. The van der Waals surface area contributed by atoms with E-state index in [1.54, 1.807) is 0 Å². The van der Waals surface area contributed by atoms with E-state index in [-0.39, 0.29) is 17.2 Å².